The lowest BCUT2D eigenvalue weighted by molar-refractivity contribution is -0.0489. The van der Waals surface area contributed by atoms with Gasteiger partial charge in [0.1, 0.15) is 5.52 Å². The standard InChI is InChI=1S/C26H25ClF2N2O/c1-14(2)18-8-21-7-17(13-31-24(21)22(27)10-18)6-16(4)19-9-20-5-15(3)12-30-25(20)23(11-19)32-26(28)29/h5,7-14,16,26H,6H2,1-4H3. The second-order valence-corrected chi connectivity index (χ2v) is 9.07. The second kappa shape index (κ2) is 8.99. The van der Waals surface area contributed by atoms with Gasteiger partial charge in [0.05, 0.1) is 10.5 Å². The van der Waals surface area contributed by atoms with Crippen molar-refractivity contribution in [3.63, 3.8) is 0 Å². The smallest absolute Gasteiger partial charge is 0.387 e. The summed E-state index contributed by atoms with van der Waals surface area (Å²) < 4.78 is 30.8. The SMILES string of the molecule is Cc1cnc2c(OC(F)F)cc(C(C)Cc3cnc4c(Cl)cc(C(C)C)cc4c3)cc2c1. The van der Waals surface area contributed by atoms with E-state index in [0.29, 0.717) is 22.9 Å². The topological polar surface area (TPSA) is 35.0 Å². The maximum atomic E-state index is 13.0. The van der Waals surface area contributed by atoms with Gasteiger partial charge in [-0.3, -0.25) is 9.97 Å². The summed E-state index contributed by atoms with van der Waals surface area (Å²) in [6, 6.07) is 11.8. The zero-order chi connectivity index (χ0) is 23.0. The molecule has 4 aromatic rings. The Hall–Kier alpha value is -2.79. The van der Waals surface area contributed by atoms with E-state index >= 15 is 0 Å². The number of rotatable bonds is 6. The van der Waals surface area contributed by atoms with Crippen LogP contribution in [0.3, 0.4) is 0 Å². The van der Waals surface area contributed by atoms with Crippen LogP contribution in [0.25, 0.3) is 21.8 Å². The number of aromatic nitrogens is 2. The molecule has 0 aliphatic heterocycles. The molecule has 0 spiro atoms. The van der Waals surface area contributed by atoms with E-state index < -0.39 is 6.61 Å². The second-order valence-electron chi connectivity index (χ2n) is 8.66. The number of benzene rings is 2. The predicted octanol–water partition coefficient (Wildman–Crippen LogP) is 7.82. The normalized spacial score (nSPS) is 12.8. The Balaban J connectivity index is 1.70. The lowest BCUT2D eigenvalue weighted by Crippen LogP contribution is -2.05. The van der Waals surface area contributed by atoms with Crippen molar-refractivity contribution in [2.24, 2.45) is 0 Å². The highest BCUT2D eigenvalue weighted by Crippen LogP contribution is 2.33. The first-order chi connectivity index (χ1) is 15.2. The van der Waals surface area contributed by atoms with Crippen LogP contribution in [0.1, 0.15) is 54.9 Å². The Morgan fingerprint density at radius 2 is 1.56 bits per heavy atom. The Morgan fingerprint density at radius 3 is 2.28 bits per heavy atom. The first kappa shape index (κ1) is 22.4. The van der Waals surface area contributed by atoms with Gasteiger partial charge in [-0.05, 0) is 83.8 Å². The summed E-state index contributed by atoms with van der Waals surface area (Å²) in [5, 5.41) is 2.44. The van der Waals surface area contributed by atoms with Crippen molar-refractivity contribution < 1.29 is 13.5 Å². The molecular weight excluding hydrogens is 430 g/mol. The number of halogens is 3. The molecule has 2 heterocycles. The molecule has 0 aliphatic carbocycles. The van der Waals surface area contributed by atoms with E-state index in [0.717, 1.165) is 33.0 Å². The summed E-state index contributed by atoms with van der Waals surface area (Å²) in [6.07, 6.45) is 4.19. The molecule has 6 heteroatoms. The first-order valence-corrected chi connectivity index (χ1v) is 11.0. The van der Waals surface area contributed by atoms with Crippen molar-refractivity contribution in [1.82, 2.24) is 9.97 Å². The van der Waals surface area contributed by atoms with Crippen LogP contribution in [0.4, 0.5) is 8.78 Å². The predicted molar refractivity (Wildman–Crippen MR) is 126 cm³/mol. The Kier molecular flexibility index (Phi) is 6.29. The zero-order valence-corrected chi connectivity index (χ0v) is 19.3. The molecule has 1 atom stereocenters. The largest absolute Gasteiger partial charge is 0.432 e. The zero-order valence-electron chi connectivity index (χ0n) is 18.5. The summed E-state index contributed by atoms with van der Waals surface area (Å²) in [4.78, 5) is 8.88. The van der Waals surface area contributed by atoms with E-state index in [9.17, 15) is 8.78 Å². The van der Waals surface area contributed by atoms with Gasteiger partial charge in [0, 0.05) is 23.2 Å². The maximum absolute atomic E-state index is 13.0. The average Bonchev–Trinajstić information content (AvgIpc) is 2.72. The quantitative estimate of drug-likeness (QED) is 0.298. The fraction of sp³-hybridized carbons (Fsp3) is 0.308. The molecule has 166 valence electrons. The summed E-state index contributed by atoms with van der Waals surface area (Å²) in [7, 11) is 0. The van der Waals surface area contributed by atoms with Crippen LogP contribution in [-0.4, -0.2) is 16.6 Å². The number of nitrogens with zero attached hydrogens (tertiary/aromatic N) is 2. The average molecular weight is 455 g/mol. The molecule has 2 aromatic heterocycles. The van der Waals surface area contributed by atoms with Crippen molar-refractivity contribution in [2.75, 3.05) is 0 Å². The third-order valence-corrected chi connectivity index (χ3v) is 6.00. The van der Waals surface area contributed by atoms with Crippen molar-refractivity contribution in [2.45, 2.75) is 52.6 Å². The van der Waals surface area contributed by atoms with Gasteiger partial charge >= 0.3 is 6.61 Å². The lowest BCUT2D eigenvalue weighted by Gasteiger charge is -2.16. The summed E-state index contributed by atoms with van der Waals surface area (Å²) >= 11 is 6.44. The fourth-order valence-corrected chi connectivity index (χ4v) is 4.29. The molecule has 0 saturated carbocycles. The molecule has 0 saturated heterocycles. The van der Waals surface area contributed by atoms with Crippen molar-refractivity contribution in [1.29, 1.82) is 0 Å². The van der Waals surface area contributed by atoms with E-state index in [-0.39, 0.29) is 11.7 Å². The molecule has 0 aliphatic rings. The molecule has 32 heavy (non-hydrogen) atoms. The van der Waals surface area contributed by atoms with Gasteiger partial charge in [0.15, 0.2) is 5.75 Å². The van der Waals surface area contributed by atoms with Crippen LogP contribution < -0.4 is 4.74 Å². The third kappa shape index (κ3) is 4.68. The van der Waals surface area contributed by atoms with Gasteiger partial charge < -0.3 is 4.74 Å². The van der Waals surface area contributed by atoms with Crippen LogP contribution >= 0.6 is 11.6 Å². The molecule has 3 nitrogen and oxygen atoms in total. The van der Waals surface area contributed by atoms with Crippen molar-refractivity contribution in [3.05, 3.63) is 76.1 Å². The van der Waals surface area contributed by atoms with Crippen molar-refractivity contribution in [3.8, 4) is 5.75 Å². The molecule has 2 aromatic carbocycles. The maximum Gasteiger partial charge on any atom is 0.387 e. The minimum atomic E-state index is -2.91. The van der Waals surface area contributed by atoms with E-state index in [4.69, 9.17) is 16.3 Å². The van der Waals surface area contributed by atoms with Gasteiger partial charge in [0.25, 0.3) is 0 Å². The highest BCUT2D eigenvalue weighted by atomic mass is 35.5. The molecule has 4 rings (SSSR count). The van der Waals surface area contributed by atoms with E-state index in [1.54, 1.807) is 12.3 Å². The lowest BCUT2D eigenvalue weighted by atomic mass is 9.92. The fourth-order valence-electron chi connectivity index (χ4n) is 4.01. The number of ether oxygens (including phenoxy) is 1. The highest BCUT2D eigenvalue weighted by molar-refractivity contribution is 6.35. The van der Waals surface area contributed by atoms with Crippen LogP contribution in [0.2, 0.25) is 5.02 Å². The third-order valence-electron chi connectivity index (χ3n) is 5.72. The van der Waals surface area contributed by atoms with E-state index in [1.165, 1.54) is 5.56 Å². The number of fused-ring (bicyclic) bond motifs is 2. The molecule has 0 bridgehead atoms. The summed E-state index contributed by atoms with van der Waals surface area (Å²) in [5.74, 6) is 0.523. The number of hydrogen-bond donors (Lipinski definition) is 0. The molecule has 0 radical (unpaired) electrons. The Labute approximate surface area is 191 Å². The Morgan fingerprint density at radius 1 is 0.875 bits per heavy atom. The minimum absolute atomic E-state index is 0.0583. The number of alkyl halides is 2. The molecule has 0 fully saturated rings. The number of hydrogen-bond acceptors (Lipinski definition) is 3. The molecular formula is C26H25ClF2N2O. The van der Waals surface area contributed by atoms with Gasteiger partial charge in [-0.1, -0.05) is 32.4 Å². The van der Waals surface area contributed by atoms with E-state index in [1.807, 2.05) is 31.3 Å². The molecule has 1 unspecified atom stereocenters. The van der Waals surface area contributed by atoms with E-state index in [2.05, 4.69) is 42.9 Å². The van der Waals surface area contributed by atoms with Crippen LogP contribution in [-0.2, 0) is 6.42 Å². The molecule has 0 N–H and O–H groups in total. The number of aryl methyl sites for hydroxylation is 1. The number of pyridine rings is 2. The van der Waals surface area contributed by atoms with Crippen LogP contribution in [0, 0.1) is 6.92 Å². The Bertz CT molecular complexity index is 1290. The minimum Gasteiger partial charge on any atom is -0.432 e. The molecule has 0 amide bonds. The van der Waals surface area contributed by atoms with Gasteiger partial charge in [-0.15, -0.1) is 0 Å². The summed E-state index contributed by atoms with van der Waals surface area (Å²) in [6.45, 7) is 5.35. The van der Waals surface area contributed by atoms with Crippen LogP contribution in [0.5, 0.6) is 5.75 Å². The highest BCUT2D eigenvalue weighted by Gasteiger charge is 2.16. The van der Waals surface area contributed by atoms with Gasteiger partial charge in [-0.2, -0.15) is 8.78 Å². The van der Waals surface area contributed by atoms with Crippen LogP contribution in [0.15, 0.2) is 48.8 Å². The van der Waals surface area contributed by atoms with Gasteiger partial charge in [0.2, 0.25) is 0 Å². The first-order valence-electron chi connectivity index (χ1n) is 10.6. The summed E-state index contributed by atoms with van der Waals surface area (Å²) in [5.41, 5.74) is 5.32. The van der Waals surface area contributed by atoms with Crippen molar-refractivity contribution >= 4 is 33.4 Å². The monoisotopic (exact) mass is 454 g/mol. The van der Waals surface area contributed by atoms with Gasteiger partial charge in [-0.25, -0.2) is 0 Å².